The summed E-state index contributed by atoms with van der Waals surface area (Å²) in [5.74, 6) is 0.800. The van der Waals surface area contributed by atoms with Crippen LogP contribution in [0.25, 0.3) is 0 Å². The zero-order chi connectivity index (χ0) is 11.5. The van der Waals surface area contributed by atoms with E-state index in [0.717, 1.165) is 0 Å². The Labute approximate surface area is 88.1 Å². The second kappa shape index (κ2) is 4.13. The number of nitrogens with zero attached hydrogens (tertiary/aromatic N) is 2. The van der Waals surface area contributed by atoms with Crippen LogP contribution in [0, 0.1) is 23.7 Å². The van der Waals surface area contributed by atoms with Crippen molar-refractivity contribution in [1.82, 2.24) is 10.3 Å². The Balaban J connectivity index is 2.52. The number of hydrogen-bond donors (Lipinski definition) is 1. The predicted molar refractivity (Wildman–Crippen MR) is 52.5 cm³/mol. The minimum atomic E-state index is -1.03. The molecule has 5 nitrogen and oxygen atoms in total. The quantitative estimate of drug-likeness (QED) is 0.806. The van der Waals surface area contributed by atoms with Crippen LogP contribution in [0.1, 0.15) is 25.5 Å². The fourth-order valence-corrected chi connectivity index (χ4v) is 0.911. The van der Waals surface area contributed by atoms with Crippen molar-refractivity contribution in [2.75, 3.05) is 0 Å². The van der Waals surface area contributed by atoms with Gasteiger partial charge in [-0.15, -0.1) is 0 Å². The molecule has 0 aliphatic carbocycles. The largest absolute Gasteiger partial charge is 0.444 e. The average Bonchev–Trinajstić information content (AvgIpc) is 2.60. The first-order chi connectivity index (χ1) is 6.95. The number of carbonyl (C=O) groups excluding carboxylic acids is 1. The highest BCUT2D eigenvalue weighted by Gasteiger charge is 2.26. The molecular formula is C10H13N3O2. The standard InChI is InChI=1S/C10H13N3O2/c1-7-4-12-8(15-7)5-13-9(14)10(2,3)6-11/h4H,5H2,1-3H3,(H,13,14). The van der Waals surface area contributed by atoms with Gasteiger partial charge in [-0.2, -0.15) is 5.26 Å². The summed E-state index contributed by atoms with van der Waals surface area (Å²) < 4.78 is 5.17. The highest BCUT2D eigenvalue weighted by atomic mass is 16.4. The minimum Gasteiger partial charge on any atom is -0.444 e. The van der Waals surface area contributed by atoms with Crippen molar-refractivity contribution in [2.45, 2.75) is 27.3 Å². The van der Waals surface area contributed by atoms with Gasteiger partial charge in [0.15, 0.2) is 0 Å². The highest BCUT2D eigenvalue weighted by Crippen LogP contribution is 2.13. The molecule has 0 saturated heterocycles. The van der Waals surface area contributed by atoms with Crippen LogP contribution >= 0.6 is 0 Å². The maximum absolute atomic E-state index is 11.5. The summed E-state index contributed by atoms with van der Waals surface area (Å²) in [6.07, 6.45) is 1.58. The summed E-state index contributed by atoms with van der Waals surface area (Å²) in [6, 6.07) is 1.92. The van der Waals surface area contributed by atoms with Crippen LogP contribution in [0.15, 0.2) is 10.6 Å². The van der Waals surface area contributed by atoms with Gasteiger partial charge in [0.05, 0.1) is 18.8 Å². The molecule has 0 fully saturated rings. The molecule has 0 unspecified atom stereocenters. The van der Waals surface area contributed by atoms with Gasteiger partial charge in [0.25, 0.3) is 0 Å². The topological polar surface area (TPSA) is 78.9 Å². The van der Waals surface area contributed by atoms with E-state index in [1.165, 1.54) is 0 Å². The zero-order valence-corrected chi connectivity index (χ0v) is 9.00. The zero-order valence-electron chi connectivity index (χ0n) is 9.00. The Hall–Kier alpha value is -1.83. The van der Waals surface area contributed by atoms with E-state index in [1.54, 1.807) is 27.0 Å². The second-order valence-corrected chi connectivity index (χ2v) is 3.78. The lowest BCUT2D eigenvalue weighted by Crippen LogP contribution is -2.35. The molecule has 1 aromatic rings. The van der Waals surface area contributed by atoms with Gasteiger partial charge in [0.2, 0.25) is 11.8 Å². The molecule has 0 atom stereocenters. The van der Waals surface area contributed by atoms with Crippen LogP contribution in [0.3, 0.4) is 0 Å². The van der Waals surface area contributed by atoms with Crippen LogP contribution in [-0.2, 0) is 11.3 Å². The first-order valence-electron chi connectivity index (χ1n) is 4.56. The lowest BCUT2D eigenvalue weighted by Gasteiger charge is -2.13. The molecule has 0 aliphatic heterocycles. The number of hydrogen-bond acceptors (Lipinski definition) is 4. The second-order valence-electron chi connectivity index (χ2n) is 3.78. The molecule has 15 heavy (non-hydrogen) atoms. The molecule has 5 heteroatoms. The van der Waals surface area contributed by atoms with E-state index in [1.807, 2.05) is 6.07 Å². The summed E-state index contributed by atoms with van der Waals surface area (Å²) >= 11 is 0. The van der Waals surface area contributed by atoms with Crippen molar-refractivity contribution in [2.24, 2.45) is 5.41 Å². The van der Waals surface area contributed by atoms with Gasteiger partial charge in [-0.1, -0.05) is 0 Å². The van der Waals surface area contributed by atoms with Crippen molar-refractivity contribution < 1.29 is 9.21 Å². The molecule has 0 bridgehead atoms. The van der Waals surface area contributed by atoms with Crippen LogP contribution in [0.4, 0.5) is 0 Å². The molecule has 0 aliphatic rings. The molecule has 1 amide bonds. The number of aromatic nitrogens is 1. The van der Waals surface area contributed by atoms with E-state index in [-0.39, 0.29) is 12.5 Å². The summed E-state index contributed by atoms with van der Waals surface area (Å²) in [6.45, 7) is 5.10. The minimum absolute atomic E-state index is 0.206. The fraction of sp³-hybridized carbons (Fsp3) is 0.500. The van der Waals surface area contributed by atoms with Gasteiger partial charge < -0.3 is 9.73 Å². The average molecular weight is 207 g/mol. The van der Waals surface area contributed by atoms with Gasteiger partial charge in [0.1, 0.15) is 11.2 Å². The maximum Gasteiger partial charge on any atom is 0.240 e. The van der Waals surface area contributed by atoms with Crippen molar-refractivity contribution in [3.05, 3.63) is 17.8 Å². The van der Waals surface area contributed by atoms with Crippen molar-refractivity contribution in [3.63, 3.8) is 0 Å². The molecule has 1 rings (SSSR count). The van der Waals surface area contributed by atoms with Crippen LogP contribution in [0.5, 0.6) is 0 Å². The summed E-state index contributed by atoms with van der Waals surface area (Å²) in [4.78, 5) is 15.4. The third-order valence-electron chi connectivity index (χ3n) is 1.92. The van der Waals surface area contributed by atoms with Gasteiger partial charge in [-0.05, 0) is 20.8 Å². The van der Waals surface area contributed by atoms with Crippen LogP contribution in [-0.4, -0.2) is 10.9 Å². The van der Waals surface area contributed by atoms with Crippen molar-refractivity contribution >= 4 is 5.91 Å². The Bertz CT molecular complexity index is 401. The Morgan fingerprint density at radius 3 is 2.87 bits per heavy atom. The molecule has 0 radical (unpaired) electrons. The van der Waals surface area contributed by atoms with Crippen LogP contribution in [0.2, 0.25) is 0 Å². The molecular weight excluding hydrogens is 194 g/mol. The Morgan fingerprint density at radius 2 is 2.40 bits per heavy atom. The first kappa shape index (κ1) is 11.2. The Morgan fingerprint density at radius 1 is 1.73 bits per heavy atom. The van der Waals surface area contributed by atoms with Gasteiger partial charge in [0, 0.05) is 0 Å². The number of carbonyl (C=O) groups is 1. The SMILES string of the molecule is Cc1cnc(CNC(=O)C(C)(C)C#N)o1. The van der Waals surface area contributed by atoms with Gasteiger partial charge in [-0.25, -0.2) is 4.98 Å². The van der Waals surface area contributed by atoms with Gasteiger partial charge in [-0.3, -0.25) is 4.79 Å². The van der Waals surface area contributed by atoms with E-state index >= 15 is 0 Å². The third-order valence-corrected chi connectivity index (χ3v) is 1.92. The molecule has 1 N–H and O–H groups in total. The number of oxazole rings is 1. The van der Waals surface area contributed by atoms with Gasteiger partial charge >= 0.3 is 0 Å². The molecule has 1 aromatic heterocycles. The van der Waals surface area contributed by atoms with Crippen molar-refractivity contribution in [3.8, 4) is 6.07 Å². The van der Waals surface area contributed by atoms with E-state index < -0.39 is 5.41 Å². The fourth-order valence-electron chi connectivity index (χ4n) is 0.911. The van der Waals surface area contributed by atoms with E-state index in [9.17, 15) is 4.79 Å². The van der Waals surface area contributed by atoms with E-state index in [0.29, 0.717) is 11.7 Å². The molecule has 0 saturated carbocycles. The normalized spacial score (nSPS) is 10.8. The number of nitriles is 1. The van der Waals surface area contributed by atoms with E-state index in [4.69, 9.17) is 9.68 Å². The number of nitrogens with one attached hydrogen (secondary N) is 1. The highest BCUT2D eigenvalue weighted by molar-refractivity contribution is 5.84. The lowest BCUT2D eigenvalue weighted by atomic mass is 9.95. The number of aryl methyl sites for hydroxylation is 1. The number of amides is 1. The molecule has 1 heterocycles. The monoisotopic (exact) mass is 207 g/mol. The summed E-state index contributed by atoms with van der Waals surface area (Å²) in [5, 5.41) is 11.3. The maximum atomic E-state index is 11.5. The third kappa shape index (κ3) is 2.81. The van der Waals surface area contributed by atoms with Crippen molar-refractivity contribution in [1.29, 1.82) is 5.26 Å². The predicted octanol–water partition coefficient (Wildman–Crippen LogP) is 1.15. The summed E-state index contributed by atoms with van der Waals surface area (Å²) in [5.41, 5.74) is -1.03. The molecule has 0 aromatic carbocycles. The molecule has 0 spiro atoms. The van der Waals surface area contributed by atoms with Crippen LogP contribution < -0.4 is 5.32 Å². The lowest BCUT2D eigenvalue weighted by molar-refractivity contribution is -0.127. The van der Waals surface area contributed by atoms with E-state index in [2.05, 4.69) is 10.3 Å². The first-order valence-corrected chi connectivity index (χ1v) is 4.56. The number of rotatable bonds is 3. The smallest absolute Gasteiger partial charge is 0.240 e. The summed E-state index contributed by atoms with van der Waals surface area (Å²) in [7, 11) is 0. The molecule has 80 valence electrons. The Kier molecular flexibility index (Phi) is 3.10.